The maximum atomic E-state index is 14.6. The fraction of sp³-hybridized carbons (Fsp3) is 0.382. The molecule has 0 aliphatic carbocycles. The Labute approximate surface area is 256 Å². The van der Waals surface area contributed by atoms with Gasteiger partial charge >= 0.3 is 0 Å². The molecule has 9 heteroatoms. The van der Waals surface area contributed by atoms with Gasteiger partial charge in [-0.15, -0.1) is 0 Å². The second kappa shape index (κ2) is 11.4. The van der Waals surface area contributed by atoms with Crippen LogP contribution in [0.15, 0.2) is 84.9 Å². The maximum Gasteiger partial charge on any atom is 0.250 e. The number of likely N-dealkylation sites (tertiary alicyclic amines) is 1. The summed E-state index contributed by atoms with van der Waals surface area (Å²) in [6.07, 6.45) is 0.752. The summed E-state index contributed by atoms with van der Waals surface area (Å²) in [5, 5.41) is 17.0. The highest BCUT2D eigenvalue weighted by molar-refractivity contribution is 6.33. The zero-order valence-corrected chi connectivity index (χ0v) is 25.0. The largest absolute Gasteiger partial charge is 0.394 e. The second-order valence-electron chi connectivity index (χ2n) is 12.1. The first-order valence-electron chi connectivity index (χ1n) is 14.7. The number of carbonyl (C=O) groups excluding carboxylic acids is 3. The van der Waals surface area contributed by atoms with E-state index in [4.69, 9.17) is 16.3 Å². The van der Waals surface area contributed by atoms with Crippen molar-refractivity contribution >= 4 is 35.0 Å². The molecule has 3 saturated heterocycles. The van der Waals surface area contributed by atoms with Crippen molar-refractivity contribution in [2.45, 2.75) is 56.5 Å². The molecule has 3 N–H and O–H groups in total. The Morgan fingerprint density at radius 2 is 1.63 bits per heavy atom. The van der Waals surface area contributed by atoms with Crippen LogP contribution in [0.3, 0.4) is 0 Å². The van der Waals surface area contributed by atoms with Gasteiger partial charge in [0.1, 0.15) is 11.6 Å². The van der Waals surface area contributed by atoms with E-state index in [0.29, 0.717) is 30.1 Å². The Morgan fingerprint density at radius 3 is 2.28 bits per heavy atom. The zero-order valence-electron chi connectivity index (χ0n) is 24.2. The lowest BCUT2D eigenvalue weighted by Gasteiger charge is -2.37. The van der Waals surface area contributed by atoms with Gasteiger partial charge in [-0.3, -0.25) is 14.4 Å². The van der Waals surface area contributed by atoms with Crippen molar-refractivity contribution in [3.05, 3.63) is 101 Å². The van der Waals surface area contributed by atoms with E-state index in [1.807, 2.05) is 74.5 Å². The standard InChI is InChI=1S/C34H36ClN3O5/c1-21-18-34-28(27(33(21,2)43-34)30(40)36-19-23-13-7-4-8-14-23)32(42)38(24(20-39)17-22-11-5-3-6-12-22)29(34)31(41)37-26-16-10-9-15-25(26)35/h3-16,21,24,27-29,39H,17-20H2,1-2H3,(H,36,40)(H,37,41)/t21?,24-,27+,28+,29?,33-,34?/m1/s1. The topological polar surface area (TPSA) is 108 Å². The molecule has 3 aliphatic heterocycles. The Bertz CT molecular complexity index is 1520. The highest BCUT2D eigenvalue weighted by Crippen LogP contribution is 2.65. The Morgan fingerprint density at radius 1 is 1.00 bits per heavy atom. The molecule has 7 atom stereocenters. The number of halogens is 1. The van der Waals surface area contributed by atoms with Crippen LogP contribution in [0.2, 0.25) is 5.02 Å². The van der Waals surface area contributed by atoms with Crippen LogP contribution in [0.1, 0.15) is 31.4 Å². The third-order valence-electron chi connectivity index (χ3n) is 9.64. The smallest absolute Gasteiger partial charge is 0.250 e. The predicted octanol–water partition coefficient (Wildman–Crippen LogP) is 4.21. The minimum Gasteiger partial charge on any atom is -0.394 e. The normalized spacial score (nSPS) is 29.8. The highest BCUT2D eigenvalue weighted by Gasteiger charge is 2.80. The third kappa shape index (κ3) is 4.91. The molecule has 3 unspecified atom stereocenters. The summed E-state index contributed by atoms with van der Waals surface area (Å²) >= 11 is 6.40. The van der Waals surface area contributed by atoms with Gasteiger partial charge < -0.3 is 25.4 Å². The molecule has 3 aliphatic rings. The summed E-state index contributed by atoms with van der Waals surface area (Å²) in [4.78, 5) is 44.3. The first kappa shape index (κ1) is 29.4. The highest BCUT2D eigenvalue weighted by atomic mass is 35.5. The van der Waals surface area contributed by atoms with Gasteiger partial charge in [-0.05, 0) is 48.9 Å². The molecule has 8 nitrogen and oxygen atoms in total. The average molecular weight is 602 g/mol. The molecule has 6 rings (SSSR count). The number of hydrogen-bond donors (Lipinski definition) is 3. The van der Waals surface area contributed by atoms with Gasteiger partial charge in [-0.2, -0.15) is 0 Å². The number of aliphatic hydroxyl groups excluding tert-OH is 1. The number of para-hydroxylation sites is 1. The number of anilines is 1. The predicted molar refractivity (Wildman–Crippen MR) is 163 cm³/mol. The molecule has 0 saturated carbocycles. The quantitative estimate of drug-likeness (QED) is 0.341. The minimum atomic E-state index is -1.25. The van der Waals surface area contributed by atoms with Crippen LogP contribution in [0.5, 0.6) is 0 Å². The van der Waals surface area contributed by atoms with Gasteiger partial charge in [0.2, 0.25) is 17.7 Å². The SMILES string of the molecule is CC1CC23O[C@@]1(C)[C@H](C(=O)NCc1ccccc1)[C@H]2C(=O)N([C@@H](CO)Cc1ccccc1)C3C(=O)Nc1ccccc1Cl. The molecule has 0 aromatic heterocycles. The number of nitrogens with zero attached hydrogens (tertiary/aromatic N) is 1. The summed E-state index contributed by atoms with van der Waals surface area (Å²) in [5.74, 6) is -2.92. The van der Waals surface area contributed by atoms with E-state index >= 15 is 0 Å². The summed E-state index contributed by atoms with van der Waals surface area (Å²) in [5.41, 5.74) is 0.0537. The summed E-state index contributed by atoms with van der Waals surface area (Å²) < 4.78 is 6.82. The molecule has 1 spiro atoms. The van der Waals surface area contributed by atoms with E-state index < -0.39 is 41.0 Å². The number of nitrogens with one attached hydrogen (secondary N) is 2. The molecule has 224 valence electrons. The number of hydrogen-bond acceptors (Lipinski definition) is 5. The third-order valence-corrected chi connectivity index (χ3v) is 9.97. The van der Waals surface area contributed by atoms with Crippen molar-refractivity contribution in [3.8, 4) is 0 Å². The van der Waals surface area contributed by atoms with Crippen LogP contribution >= 0.6 is 11.6 Å². The van der Waals surface area contributed by atoms with E-state index in [1.165, 1.54) is 4.90 Å². The zero-order chi connectivity index (χ0) is 30.4. The van der Waals surface area contributed by atoms with Crippen LogP contribution in [-0.2, 0) is 32.1 Å². The molecule has 3 heterocycles. The molecular weight excluding hydrogens is 566 g/mol. The monoisotopic (exact) mass is 601 g/mol. The summed E-state index contributed by atoms with van der Waals surface area (Å²) in [7, 11) is 0. The van der Waals surface area contributed by atoms with Crippen LogP contribution < -0.4 is 10.6 Å². The molecule has 3 aromatic rings. The first-order valence-corrected chi connectivity index (χ1v) is 15.1. The summed E-state index contributed by atoms with van der Waals surface area (Å²) in [6.45, 7) is 3.83. The maximum absolute atomic E-state index is 14.6. The van der Waals surface area contributed by atoms with Crippen LogP contribution in [0.25, 0.3) is 0 Å². The van der Waals surface area contributed by atoms with Crippen molar-refractivity contribution in [2.75, 3.05) is 11.9 Å². The minimum absolute atomic E-state index is 0.110. The van der Waals surface area contributed by atoms with Crippen molar-refractivity contribution in [3.63, 3.8) is 0 Å². The number of ether oxygens (including phenoxy) is 1. The molecule has 3 aromatic carbocycles. The molecule has 43 heavy (non-hydrogen) atoms. The fourth-order valence-corrected chi connectivity index (χ4v) is 7.75. The van der Waals surface area contributed by atoms with E-state index in [2.05, 4.69) is 10.6 Å². The van der Waals surface area contributed by atoms with Gasteiger partial charge in [0.05, 0.1) is 40.8 Å². The Balaban J connectivity index is 1.39. The van der Waals surface area contributed by atoms with Crippen molar-refractivity contribution < 1.29 is 24.2 Å². The molecule has 3 amide bonds. The molecule has 0 radical (unpaired) electrons. The van der Waals surface area contributed by atoms with Gasteiger partial charge in [0.25, 0.3) is 0 Å². The van der Waals surface area contributed by atoms with Crippen molar-refractivity contribution in [2.24, 2.45) is 17.8 Å². The number of benzene rings is 3. The lowest BCUT2D eigenvalue weighted by Crippen LogP contribution is -2.57. The molecule has 3 fully saturated rings. The Hall–Kier alpha value is -3.72. The van der Waals surface area contributed by atoms with E-state index in [9.17, 15) is 19.5 Å². The molecular formula is C34H36ClN3O5. The van der Waals surface area contributed by atoms with Crippen LogP contribution in [0.4, 0.5) is 5.69 Å². The first-order chi connectivity index (χ1) is 20.7. The summed E-state index contributed by atoms with van der Waals surface area (Å²) in [6, 6.07) is 24.2. The second-order valence-corrected chi connectivity index (χ2v) is 12.6. The van der Waals surface area contributed by atoms with E-state index in [-0.39, 0.29) is 24.3 Å². The number of rotatable bonds is 9. The van der Waals surface area contributed by atoms with E-state index in [0.717, 1.165) is 11.1 Å². The van der Waals surface area contributed by atoms with Crippen molar-refractivity contribution in [1.29, 1.82) is 0 Å². The van der Waals surface area contributed by atoms with Gasteiger partial charge in [0, 0.05) is 6.54 Å². The fourth-order valence-electron chi connectivity index (χ4n) is 7.57. The lowest BCUT2D eigenvalue weighted by molar-refractivity contribution is -0.149. The van der Waals surface area contributed by atoms with Crippen LogP contribution in [-0.4, -0.2) is 57.6 Å². The lowest BCUT2D eigenvalue weighted by atomic mass is 9.62. The molecule has 2 bridgehead atoms. The van der Waals surface area contributed by atoms with Crippen molar-refractivity contribution in [1.82, 2.24) is 10.2 Å². The number of amides is 3. The van der Waals surface area contributed by atoms with Gasteiger partial charge in [-0.1, -0.05) is 91.3 Å². The number of aliphatic hydroxyl groups is 1. The van der Waals surface area contributed by atoms with E-state index in [1.54, 1.807) is 24.3 Å². The number of carbonyl (C=O) groups is 3. The Kier molecular flexibility index (Phi) is 7.79. The average Bonchev–Trinajstić information content (AvgIpc) is 3.53. The number of fused-ring (bicyclic) bond motifs is 1. The van der Waals surface area contributed by atoms with Gasteiger partial charge in [-0.25, -0.2) is 0 Å². The van der Waals surface area contributed by atoms with Crippen LogP contribution in [0, 0.1) is 17.8 Å². The van der Waals surface area contributed by atoms with Gasteiger partial charge in [0.15, 0.2) is 0 Å².